The van der Waals surface area contributed by atoms with E-state index in [9.17, 15) is 9.18 Å². The number of aryl methyl sites for hydroxylation is 1. The molecule has 0 saturated heterocycles. The van der Waals surface area contributed by atoms with Crippen LogP contribution >= 0.6 is 23.6 Å². The van der Waals surface area contributed by atoms with Gasteiger partial charge in [-0.3, -0.25) is 4.68 Å². The molecule has 156 valence electrons. The normalized spacial score (nSPS) is 12.9. The SMILES string of the molecule is COC(=O)c1c(NC(=S)Nc2cnn(Cc3ccccc3F)c2)sc2c1CCCC2. The zero-order chi connectivity index (χ0) is 21.1. The second kappa shape index (κ2) is 8.93. The van der Waals surface area contributed by atoms with Crippen LogP contribution in [0.3, 0.4) is 0 Å². The van der Waals surface area contributed by atoms with Gasteiger partial charge in [-0.15, -0.1) is 11.3 Å². The number of methoxy groups -OCH3 is 1. The summed E-state index contributed by atoms with van der Waals surface area (Å²) in [7, 11) is 1.39. The van der Waals surface area contributed by atoms with Gasteiger partial charge in [0.2, 0.25) is 0 Å². The molecule has 6 nitrogen and oxygen atoms in total. The molecule has 0 unspecified atom stereocenters. The predicted molar refractivity (Wildman–Crippen MR) is 120 cm³/mol. The Morgan fingerprint density at radius 3 is 2.90 bits per heavy atom. The number of carbonyl (C=O) groups excluding carboxylic acids is 1. The fourth-order valence-corrected chi connectivity index (χ4v) is 5.12. The van der Waals surface area contributed by atoms with E-state index in [1.165, 1.54) is 18.1 Å². The summed E-state index contributed by atoms with van der Waals surface area (Å²) in [6.45, 7) is 0.318. The fourth-order valence-electron chi connectivity index (χ4n) is 3.55. The smallest absolute Gasteiger partial charge is 0.341 e. The quantitative estimate of drug-likeness (QED) is 0.443. The molecular weight excluding hydrogens is 423 g/mol. The molecular formula is C21H21FN4O2S2. The van der Waals surface area contributed by atoms with Gasteiger partial charge >= 0.3 is 5.97 Å². The molecule has 2 N–H and O–H groups in total. The van der Waals surface area contributed by atoms with Crippen LogP contribution in [0.15, 0.2) is 36.7 Å². The number of halogens is 1. The number of nitrogens with zero attached hydrogens (tertiary/aromatic N) is 2. The maximum Gasteiger partial charge on any atom is 0.341 e. The summed E-state index contributed by atoms with van der Waals surface area (Å²) in [5, 5.41) is 11.5. The summed E-state index contributed by atoms with van der Waals surface area (Å²) in [5.41, 5.74) is 2.88. The molecule has 0 aliphatic heterocycles. The molecule has 30 heavy (non-hydrogen) atoms. The third-order valence-electron chi connectivity index (χ3n) is 4.97. The van der Waals surface area contributed by atoms with E-state index in [2.05, 4.69) is 15.7 Å². The second-order valence-corrected chi connectivity index (χ2v) is 8.52. The third kappa shape index (κ3) is 4.36. The number of aromatic nitrogens is 2. The topological polar surface area (TPSA) is 68.2 Å². The minimum atomic E-state index is -0.350. The average Bonchev–Trinajstić information content (AvgIpc) is 3.32. The number of thiophene rings is 1. The van der Waals surface area contributed by atoms with Crippen molar-refractivity contribution in [3.8, 4) is 0 Å². The van der Waals surface area contributed by atoms with Crippen molar-refractivity contribution >= 4 is 45.3 Å². The Bertz CT molecular complexity index is 1090. The van der Waals surface area contributed by atoms with Gasteiger partial charge in [0.05, 0.1) is 31.1 Å². The van der Waals surface area contributed by atoms with E-state index < -0.39 is 0 Å². The number of rotatable bonds is 5. The van der Waals surface area contributed by atoms with Crippen molar-refractivity contribution in [1.82, 2.24) is 9.78 Å². The number of hydrogen-bond acceptors (Lipinski definition) is 5. The summed E-state index contributed by atoms with van der Waals surface area (Å²) in [5.74, 6) is -0.617. The lowest BCUT2D eigenvalue weighted by Crippen LogP contribution is -2.20. The van der Waals surface area contributed by atoms with Crippen LogP contribution in [0.25, 0.3) is 0 Å². The highest BCUT2D eigenvalue weighted by Gasteiger charge is 2.26. The number of hydrogen-bond donors (Lipinski definition) is 2. The molecule has 2 heterocycles. The molecule has 9 heteroatoms. The molecule has 0 amide bonds. The van der Waals surface area contributed by atoms with Crippen molar-refractivity contribution in [3.05, 3.63) is 64.0 Å². The Morgan fingerprint density at radius 2 is 2.10 bits per heavy atom. The van der Waals surface area contributed by atoms with E-state index in [4.69, 9.17) is 17.0 Å². The van der Waals surface area contributed by atoms with Gasteiger partial charge in [-0.2, -0.15) is 5.10 Å². The Morgan fingerprint density at radius 1 is 1.30 bits per heavy atom. The molecule has 1 aromatic carbocycles. The van der Waals surface area contributed by atoms with Crippen molar-refractivity contribution in [3.63, 3.8) is 0 Å². The Kier molecular flexibility index (Phi) is 6.10. The van der Waals surface area contributed by atoms with E-state index in [0.717, 1.165) is 31.2 Å². The lowest BCUT2D eigenvalue weighted by Gasteiger charge is -2.12. The van der Waals surface area contributed by atoms with Crippen LogP contribution in [0, 0.1) is 5.82 Å². The minimum Gasteiger partial charge on any atom is -0.465 e. The summed E-state index contributed by atoms with van der Waals surface area (Å²) in [4.78, 5) is 13.6. The molecule has 1 aliphatic rings. The van der Waals surface area contributed by atoms with E-state index in [0.29, 0.717) is 33.5 Å². The van der Waals surface area contributed by atoms with Gasteiger partial charge in [0.25, 0.3) is 0 Å². The number of ether oxygens (including phenoxy) is 1. The first-order valence-electron chi connectivity index (χ1n) is 9.62. The van der Waals surface area contributed by atoms with Gasteiger partial charge in [-0.1, -0.05) is 18.2 Å². The van der Waals surface area contributed by atoms with Crippen LogP contribution in [-0.4, -0.2) is 28.0 Å². The zero-order valence-electron chi connectivity index (χ0n) is 16.4. The largest absolute Gasteiger partial charge is 0.465 e. The fraction of sp³-hybridized carbons (Fsp3) is 0.286. The van der Waals surface area contributed by atoms with Crippen molar-refractivity contribution in [2.75, 3.05) is 17.7 Å². The van der Waals surface area contributed by atoms with E-state index in [-0.39, 0.29) is 11.8 Å². The van der Waals surface area contributed by atoms with E-state index in [1.807, 2.05) is 0 Å². The number of benzene rings is 1. The van der Waals surface area contributed by atoms with Crippen LogP contribution in [-0.2, 0) is 24.1 Å². The third-order valence-corrected chi connectivity index (χ3v) is 6.38. The first-order valence-corrected chi connectivity index (χ1v) is 10.8. The first kappa shape index (κ1) is 20.5. The predicted octanol–water partition coefficient (Wildman–Crippen LogP) is 4.61. The number of anilines is 2. The van der Waals surface area contributed by atoms with Crippen LogP contribution in [0.5, 0.6) is 0 Å². The minimum absolute atomic E-state index is 0.267. The maximum absolute atomic E-state index is 13.8. The highest BCUT2D eigenvalue weighted by atomic mass is 32.1. The Labute approximate surface area is 183 Å². The number of nitrogens with one attached hydrogen (secondary N) is 2. The van der Waals surface area contributed by atoms with Gasteiger partial charge in [-0.05, 0) is 49.5 Å². The van der Waals surface area contributed by atoms with Crippen molar-refractivity contribution < 1.29 is 13.9 Å². The molecule has 3 aromatic rings. The zero-order valence-corrected chi connectivity index (χ0v) is 18.0. The summed E-state index contributed by atoms with van der Waals surface area (Å²) >= 11 is 6.99. The second-order valence-electron chi connectivity index (χ2n) is 7.00. The molecule has 4 rings (SSSR count). The summed E-state index contributed by atoms with van der Waals surface area (Å²) < 4.78 is 20.5. The van der Waals surface area contributed by atoms with Gasteiger partial charge < -0.3 is 15.4 Å². The van der Waals surface area contributed by atoms with Crippen LogP contribution in [0.1, 0.15) is 39.2 Å². The molecule has 0 saturated carbocycles. The van der Waals surface area contributed by atoms with E-state index in [1.54, 1.807) is 46.6 Å². The molecule has 0 spiro atoms. The van der Waals surface area contributed by atoms with Crippen LogP contribution in [0.4, 0.5) is 15.1 Å². The highest BCUT2D eigenvalue weighted by Crippen LogP contribution is 2.38. The molecule has 0 atom stereocenters. The van der Waals surface area contributed by atoms with E-state index >= 15 is 0 Å². The molecule has 0 radical (unpaired) electrons. The lowest BCUT2D eigenvalue weighted by molar-refractivity contribution is 0.0601. The van der Waals surface area contributed by atoms with Crippen molar-refractivity contribution in [2.24, 2.45) is 0 Å². The number of carbonyl (C=O) groups is 1. The van der Waals surface area contributed by atoms with Crippen molar-refractivity contribution in [2.45, 2.75) is 32.2 Å². The van der Waals surface area contributed by atoms with Crippen molar-refractivity contribution in [1.29, 1.82) is 0 Å². The highest BCUT2D eigenvalue weighted by molar-refractivity contribution is 7.80. The number of thiocarbonyl (C=S) groups is 1. The Hall–Kier alpha value is -2.78. The number of esters is 1. The van der Waals surface area contributed by atoms with Gasteiger partial charge in [0, 0.05) is 16.6 Å². The van der Waals surface area contributed by atoms with Gasteiger partial charge in [0.15, 0.2) is 5.11 Å². The molecule has 0 bridgehead atoms. The first-order chi connectivity index (χ1) is 14.5. The molecule has 2 aromatic heterocycles. The summed E-state index contributed by atoms with van der Waals surface area (Å²) in [6.07, 6.45) is 7.40. The van der Waals surface area contributed by atoms with Crippen LogP contribution in [0.2, 0.25) is 0 Å². The monoisotopic (exact) mass is 444 g/mol. The number of fused-ring (bicyclic) bond motifs is 1. The Balaban J connectivity index is 1.46. The van der Waals surface area contributed by atoms with Gasteiger partial charge in [0.1, 0.15) is 10.8 Å². The van der Waals surface area contributed by atoms with Crippen LogP contribution < -0.4 is 10.6 Å². The molecule has 1 aliphatic carbocycles. The average molecular weight is 445 g/mol. The molecule has 0 fully saturated rings. The standard InChI is InChI=1S/C21H21FN4O2S2/c1-28-20(27)18-15-7-3-5-9-17(15)30-19(18)25-21(29)24-14-10-23-26(12-14)11-13-6-2-4-8-16(13)22/h2,4,6,8,10,12H,3,5,7,9,11H2,1H3,(H2,24,25,29). The summed E-state index contributed by atoms with van der Waals surface area (Å²) in [6, 6.07) is 6.60. The van der Waals surface area contributed by atoms with Gasteiger partial charge in [-0.25, -0.2) is 9.18 Å². The maximum atomic E-state index is 13.8. The lowest BCUT2D eigenvalue weighted by atomic mass is 9.95.